The van der Waals surface area contributed by atoms with Gasteiger partial charge in [-0.3, -0.25) is 4.79 Å². The molecule has 110 valence electrons. The molecule has 0 bridgehead atoms. The van der Waals surface area contributed by atoms with Gasteiger partial charge >= 0.3 is 0 Å². The number of halogens is 1. The van der Waals surface area contributed by atoms with Crippen molar-refractivity contribution < 1.29 is 4.79 Å². The van der Waals surface area contributed by atoms with Gasteiger partial charge in [-0.05, 0) is 54.7 Å². The second-order valence-electron chi connectivity index (χ2n) is 5.00. The van der Waals surface area contributed by atoms with E-state index in [1.165, 1.54) is 11.1 Å². The lowest BCUT2D eigenvalue weighted by molar-refractivity contribution is 0.102. The average Bonchev–Trinajstić information content (AvgIpc) is 2.53. The first-order valence-electron chi connectivity index (χ1n) is 7.28. The van der Waals surface area contributed by atoms with Gasteiger partial charge in [0.15, 0.2) is 0 Å². The van der Waals surface area contributed by atoms with Crippen LogP contribution in [0, 0.1) is 0 Å². The second kappa shape index (κ2) is 7.99. The van der Waals surface area contributed by atoms with Crippen LogP contribution in [0.2, 0.25) is 0 Å². The number of hydrogen-bond donors (Lipinski definition) is 1. The summed E-state index contributed by atoms with van der Waals surface area (Å²) in [6.07, 6.45) is 3.09. The summed E-state index contributed by atoms with van der Waals surface area (Å²) >= 11 is 3.44. The lowest BCUT2D eigenvalue weighted by Crippen LogP contribution is -2.12. The number of carbonyl (C=O) groups excluding carboxylic acids is 1. The van der Waals surface area contributed by atoms with Gasteiger partial charge in [-0.2, -0.15) is 0 Å². The largest absolute Gasteiger partial charge is 0.322 e. The molecule has 3 heteroatoms. The molecule has 0 aliphatic rings. The molecule has 0 saturated heterocycles. The highest BCUT2D eigenvalue weighted by Crippen LogP contribution is 2.14. The van der Waals surface area contributed by atoms with Crippen LogP contribution in [0.15, 0.2) is 48.5 Å². The Morgan fingerprint density at radius 1 is 1.10 bits per heavy atom. The molecule has 2 aromatic rings. The van der Waals surface area contributed by atoms with E-state index in [2.05, 4.69) is 34.2 Å². The van der Waals surface area contributed by atoms with E-state index in [9.17, 15) is 4.79 Å². The number of aryl methyl sites for hydroxylation is 2. The number of alkyl halides is 1. The minimum atomic E-state index is -0.0599. The van der Waals surface area contributed by atoms with Crippen LogP contribution >= 0.6 is 15.9 Å². The number of rotatable bonds is 6. The Morgan fingerprint density at radius 2 is 1.86 bits per heavy atom. The van der Waals surface area contributed by atoms with Gasteiger partial charge in [0.05, 0.1) is 0 Å². The van der Waals surface area contributed by atoms with Crippen molar-refractivity contribution in [3.8, 4) is 0 Å². The van der Waals surface area contributed by atoms with Gasteiger partial charge in [0.2, 0.25) is 0 Å². The molecule has 0 spiro atoms. The van der Waals surface area contributed by atoms with Crippen LogP contribution in [0.3, 0.4) is 0 Å². The fourth-order valence-corrected chi connectivity index (χ4v) is 2.45. The van der Waals surface area contributed by atoms with E-state index in [-0.39, 0.29) is 5.91 Å². The first-order chi connectivity index (χ1) is 10.2. The summed E-state index contributed by atoms with van der Waals surface area (Å²) in [7, 11) is 0. The molecular formula is C18H20BrNO. The van der Waals surface area contributed by atoms with Crippen molar-refractivity contribution in [1.82, 2.24) is 0 Å². The first-order valence-corrected chi connectivity index (χ1v) is 8.40. The van der Waals surface area contributed by atoms with Crippen LogP contribution in [0.1, 0.15) is 34.8 Å². The van der Waals surface area contributed by atoms with E-state index >= 15 is 0 Å². The van der Waals surface area contributed by atoms with Gasteiger partial charge in [-0.25, -0.2) is 0 Å². The summed E-state index contributed by atoms with van der Waals surface area (Å²) in [5.74, 6) is -0.0599. The van der Waals surface area contributed by atoms with Crippen LogP contribution in [-0.4, -0.2) is 11.2 Å². The Bertz CT molecular complexity index is 592. The molecule has 2 aromatic carbocycles. The van der Waals surface area contributed by atoms with Crippen molar-refractivity contribution in [3.05, 3.63) is 65.2 Å². The topological polar surface area (TPSA) is 29.1 Å². The monoisotopic (exact) mass is 345 g/mol. The lowest BCUT2D eigenvalue weighted by atomic mass is 10.1. The molecular weight excluding hydrogens is 326 g/mol. The Labute approximate surface area is 134 Å². The standard InChI is InChI=1S/C18H20BrNO/c1-2-14-8-10-16(11-9-14)18(21)20-17-7-3-5-15(13-17)6-4-12-19/h3,5,7-11,13H,2,4,6,12H2,1H3,(H,20,21). The van der Waals surface area contributed by atoms with E-state index in [1.807, 2.05) is 42.5 Å². The molecule has 1 N–H and O–H groups in total. The summed E-state index contributed by atoms with van der Waals surface area (Å²) in [5, 5.41) is 3.96. The predicted octanol–water partition coefficient (Wildman–Crippen LogP) is 4.83. The maximum atomic E-state index is 12.2. The van der Waals surface area contributed by atoms with Crippen molar-refractivity contribution in [2.24, 2.45) is 0 Å². The summed E-state index contributed by atoms with van der Waals surface area (Å²) in [6.45, 7) is 2.10. The second-order valence-corrected chi connectivity index (χ2v) is 5.79. The zero-order valence-electron chi connectivity index (χ0n) is 12.2. The van der Waals surface area contributed by atoms with Crippen molar-refractivity contribution >= 4 is 27.5 Å². The number of amides is 1. The van der Waals surface area contributed by atoms with E-state index in [0.29, 0.717) is 5.56 Å². The molecule has 21 heavy (non-hydrogen) atoms. The highest BCUT2D eigenvalue weighted by atomic mass is 79.9. The Balaban J connectivity index is 2.04. The van der Waals surface area contributed by atoms with E-state index in [1.54, 1.807) is 0 Å². The SMILES string of the molecule is CCc1ccc(C(=O)Nc2cccc(CCCBr)c2)cc1. The molecule has 2 rings (SSSR count). The quantitative estimate of drug-likeness (QED) is 0.746. The van der Waals surface area contributed by atoms with Crippen molar-refractivity contribution in [2.75, 3.05) is 10.6 Å². The maximum absolute atomic E-state index is 12.2. The zero-order chi connectivity index (χ0) is 15.1. The Kier molecular flexibility index (Phi) is 6.00. The number of anilines is 1. The molecule has 0 aromatic heterocycles. The maximum Gasteiger partial charge on any atom is 0.255 e. The minimum Gasteiger partial charge on any atom is -0.322 e. The van der Waals surface area contributed by atoms with Crippen LogP contribution in [-0.2, 0) is 12.8 Å². The molecule has 0 radical (unpaired) electrons. The van der Waals surface area contributed by atoms with Crippen LogP contribution in [0.5, 0.6) is 0 Å². The van der Waals surface area contributed by atoms with Crippen molar-refractivity contribution in [3.63, 3.8) is 0 Å². The zero-order valence-corrected chi connectivity index (χ0v) is 13.8. The lowest BCUT2D eigenvalue weighted by Gasteiger charge is -2.08. The molecule has 0 atom stereocenters. The molecule has 0 aliphatic carbocycles. The highest BCUT2D eigenvalue weighted by molar-refractivity contribution is 9.09. The number of nitrogens with one attached hydrogen (secondary N) is 1. The fourth-order valence-electron chi connectivity index (χ4n) is 2.17. The molecule has 0 saturated carbocycles. The summed E-state index contributed by atoms with van der Waals surface area (Å²) in [4.78, 5) is 12.2. The Morgan fingerprint density at radius 3 is 2.52 bits per heavy atom. The third-order valence-electron chi connectivity index (χ3n) is 3.41. The molecule has 0 heterocycles. The molecule has 0 fully saturated rings. The minimum absolute atomic E-state index is 0.0599. The van der Waals surface area contributed by atoms with Crippen molar-refractivity contribution in [1.29, 1.82) is 0 Å². The first kappa shape index (κ1) is 15.8. The van der Waals surface area contributed by atoms with Crippen LogP contribution in [0.25, 0.3) is 0 Å². The molecule has 1 amide bonds. The highest BCUT2D eigenvalue weighted by Gasteiger charge is 2.06. The van der Waals surface area contributed by atoms with E-state index < -0.39 is 0 Å². The average molecular weight is 346 g/mol. The predicted molar refractivity (Wildman–Crippen MR) is 92.3 cm³/mol. The van der Waals surface area contributed by atoms with Crippen LogP contribution in [0.4, 0.5) is 5.69 Å². The van der Waals surface area contributed by atoms with Gasteiger partial charge in [-0.1, -0.05) is 47.1 Å². The summed E-state index contributed by atoms with van der Waals surface area (Å²) < 4.78 is 0. The molecule has 0 aliphatic heterocycles. The number of carbonyl (C=O) groups is 1. The number of hydrogen-bond acceptors (Lipinski definition) is 1. The Hall–Kier alpha value is -1.61. The molecule has 0 unspecified atom stereocenters. The third kappa shape index (κ3) is 4.71. The van der Waals surface area contributed by atoms with Gasteiger partial charge in [0.1, 0.15) is 0 Å². The van der Waals surface area contributed by atoms with Gasteiger partial charge < -0.3 is 5.32 Å². The fraction of sp³-hybridized carbons (Fsp3) is 0.278. The normalized spacial score (nSPS) is 10.4. The van der Waals surface area contributed by atoms with Gasteiger partial charge in [-0.15, -0.1) is 0 Å². The van der Waals surface area contributed by atoms with Crippen molar-refractivity contribution in [2.45, 2.75) is 26.2 Å². The third-order valence-corrected chi connectivity index (χ3v) is 3.97. The van der Waals surface area contributed by atoms with E-state index in [4.69, 9.17) is 0 Å². The van der Waals surface area contributed by atoms with E-state index in [0.717, 1.165) is 30.3 Å². The van der Waals surface area contributed by atoms with Gasteiger partial charge in [0.25, 0.3) is 5.91 Å². The van der Waals surface area contributed by atoms with Gasteiger partial charge in [0, 0.05) is 16.6 Å². The summed E-state index contributed by atoms with van der Waals surface area (Å²) in [5.41, 5.74) is 4.03. The summed E-state index contributed by atoms with van der Waals surface area (Å²) in [6, 6.07) is 15.8. The van der Waals surface area contributed by atoms with Crippen LogP contribution < -0.4 is 5.32 Å². The number of benzene rings is 2. The molecule has 2 nitrogen and oxygen atoms in total. The smallest absolute Gasteiger partial charge is 0.255 e.